The number of likely N-dealkylation sites (tertiary alicyclic amines) is 1. The second-order valence-corrected chi connectivity index (χ2v) is 6.36. The van der Waals surface area contributed by atoms with Gasteiger partial charge in [-0.25, -0.2) is 4.98 Å². The molecule has 0 radical (unpaired) electrons. The van der Waals surface area contributed by atoms with Crippen molar-refractivity contribution in [2.45, 2.75) is 32.2 Å². The summed E-state index contributed by atoms with van der Waals surface area (Å²) < 4.78 is 5.45. The summed E-state index contributed by atoms with van der Waals surface area (Å²) in [5.41, 5.74) is 0. The zero-order valence-electron chi connectivity index (χ0n) is 13.5. The predicted molar refractivity (Wildman–Crippen MR) is 83.9 cm³/mol. The van der Waals surface area contributed by atoms with Crippen molar-refractivity contribution in [1.29, 1.82) is 0 Å². The molecule has 1 aromatic rings. The number of rotatable bonds is 4. The molecular formula is C16H24N4O2. The summed E-state index contributed by atoms with van der Waals surface area (Å²) >= 11 is 0. The predicted octanol–water partition coefficient (Wildman–Crippen LogP) is 1.57. The number of hydrogen-bond acceptors (Lipinski definition) is 5. The van der Waals surface area contributed by atoms with Crippen molar-refractivity contribution in [2.75, 3.05) is 32.1 Å². The molecule has 0 spiro atoms. The van der Waals surface area contributed by atoms with Gasteiger partial charge in [0.2, 0.25) is 17.7 Å². The lowest BCUT2D eigenvalue weighted by Gasteiger charge is -2.31. The van der Waals surface area contributed by atoms with Crippen molar-refractivity contribution < 1.29 is 9.53 Å². The second-order valence-electron chi connectivity index (χ2n) is 6.36. The maximum atomic E-state index is 11.9. The molecule has 6 nitrogen and oxygen atoms in total. The maximum Gasteiger partial charge on any atom is 0.228 e. The standard InChI is InChI=1S/C16H24N4O2/c1-4-22-14-5-6-17-16(18-14)20(3)13-7-11-9-15(21)19(2)10-12(11)8-13/h5-6,11-13H,4,7-10H2,1-3H3/t11-,12+,13-/m0/s1. The molecule has 22 heavy (non-hydrogen) atoms. The van der Waals surface area contributed by atoms with Gasteiger partial charge >= 0.3 is 0 Å². The third-order valence-electron chi connectivity index (χ3n) is 4.96. The Morgan fingerprint density at radius 1 is 1.41 bits per heavy atom. The molecule has 0 aromatic carbocycles. The van der Waals surface area contributed by atoms with E-state index in [1.807, 2.05) is 25.9 Å². The maximum absolute atomic E-state index is 11.9. The summed E-state index contributed by atoms with van der Waals surface area (Å²) in [6.07, 6.45) is 4.57. The lowest BCUT2D eigenvalue weighted by molar-refractivity contribution is -0.134. The normalized spacial score (nSPS) is 27.7. The molecule has 3 rings (SSSR count). The second kappa shape index (κ2) is 6.10. The fourth-order valence-electron chi connectivity index (χ4n) is 3.70. The fraction of sp³-hybridized carbons (Fsp3) is 0.688. The van der Waals surface area contributed by atoms with Crippen molar-refractivity contribution in [2.24, 2.45) is 11.8 Å². The van der Waals surface area contributed by atoms with Gasteiger partial charge in [0.05, 0.1) is 6.61 Å². The van der Waals surface area contributed by atoms with Gasteiger partial charge in [-0.3, -0.25) is 4.79 Å². The molecule has 0 bridgehead atoms. The van der Waals surface area contributed by atoms with Gasteiger partial charge in [-0.1, -0.05) is 0 Å². The quantitative estimate of drug-likeness (QED) is 0.845. The molecule has 1 aliphatic carbocycles. The summed E-state index contributed by atoms with van der Waals surface area (Å²) in [6.45, 7) is 3.43. The lowest BCUT2D eigenvalue weighted by Crippen LogP contribution is -2.39. The van der Waals surface area contributed by atoms with E-state index in [-0.39, 0.29) is 5.91 Å². The molecule has 1 saturated heterocycles. The van der Waals surface area contributed by atoms with Crippen LogP contribution >= 0.6 is 0 Å². The van der Waals surface area contributed by atoms with Crippen LogP contribution < -0.4 is 9.64 Å². The van der Waals surface area contributed by atoms with Crippen molar-refractivity contribution in [3.05, 3.63) is 12.3 Å². The van der Waals surface area contributed by atoms with E-state index < -0.39 is 0 Å². The topological polar surface area (TPSA) is 58.6 Å². The van der Waals surface area contributed by atoms with Crippen LogP contribution in [0.25, 0.3) is 0 Å². The number of amides is 1. The van der Waals surface area contributed by atoms with Gasteiger partial charge in [0.15, 0.2) is 0 Å². The number of aromatic nitrogens is 2. The molecule has 1 saturated carbocycles. The third-order valence-corrected chi connectivity index (χ3v) is 4.96. The van der Waals surface area contributed by atoms with Crippen LogP contribution in [0.2, 0.25) is 0 Å². The largest absolute Gasteiger partial charge is 0.478 e. The smallest absolute Gasteiger partial charge is 0.228 e. The van der Waals surface area contributed by atoms with Gasteiger partial charge in [-0.15, -0.1) is 0 Å². The van der Waals surface area contributed by atoms with E-state index in [1.54, 1.807) is 12.3 Å². The van der Waals surface area contributed by atoms with E-state index >= 15 is 0 Å². The number of nitrogens with zero attached hydrogens (tertiary/aromatic N) is 4. The van der Waals surface area contributed by atoms with E-state index in [4.69, 9.17) is 4.74 Å². The first-order valence-corrected chi connectivity index (χ1v) is 8.01. The van der Waals surface area contributed by atoms with Crippen LogP contribution in [0, 0.1) is 11.8 Å². The van der Waals surface area contributed by atoms with Crippen molar-refractivity contribution in [3.63, 3.8) is 0 Å². The number of piperidine rings is 1. The van der Waals surface area contributed by atoms with E-state index in [2.05, 4.69) is 14.9 Å². The summed E-state index contributed by atoms with van der Waals surface area (Å²) in [5, 5.41) is 0. The minimum absolute atomic E-state index is 0.277. The number of hydrogen-bond donors (Lipinski definition) is 0. The van der Waals surface area contributed by atoms with Crippen LogP contribution in [0.5, 0.6) is 5.88 Å². The molecule has 2 aliphatic rings. The van der Waals surface area contributed by atoms with Crippen LogP contribution in [-0.2, 0) is 4.79 Å². The molecule has 6 heteroatoms. The number of ether oxygens (including phenoxy) is 1. The Hall–Kier alpha value is -1.85. The van der Waals surface area contributed by atoms with Gasteiger partial charge in [0.1, 0.15) is 0 Å². The number of carbonyl (C=O) groups excluding carboxylic acids is 1. The first-order chi connectivity index (χ1) is 10.6. The Kier molecular flexibility index (Phi) is 4.18. The molecule has 1 amide bonds. The minimum atomic E-state index is 0.277. The van der Waals surface area contributed by atoms with E-state index in [1.165, 1.54) is 0 Å². The van der Waals surface area contributed by atoms with E-state index in [0.717, 1.165) is 19.4 Å². The van der Waals surface area contributed by atoms with Crippen LogP contribution in [0.4, 0.5) is 5.95 Å². The van der Waals surface area contributed by atoms with E-state index in [9.17, 15) is 4.79 Å². The Morgan fingerprint density at radius 2 is 2.18 bits per heavy atom. The van der Waals surface area contributed by atoms with Gasteiger partial charge in [0.25, 0.3) is 0 Å². The Balaban J connectivity index is 1.70. The molecule has 2 heterocycles. The lowest BCUT2D eigenvalue weighted by atomic mass is 9.88. The molecule has 0 unspecified atom stereocenters. The molecule has 3 atom stereocenters. The van der Waals surface area contributed by atoms with Gasteiger partial charge < -0.3 is 14.5 Å². The first kappa shape index (κ1) is 15.1. The van der Waals surface area contributed by atoms with Crippen LogP contribution in [0.15, 0.2) is 12.3 Å². The SMILES string of the molecule is CCOc1ccnc(N(C)[C@H]2C[C@H]3CC(=O)N(C)C[C@H]3C2)n1. The first-order valence-electron chi connectivity index (χ1n) is 8.01. The van der Waals surface area contributed by atoms with Gasteiger partial charge in [0, 0.05) is 45.4 Å². The highest BCUT2D eigenvalue weighted by molar-refractivity contribution is 5.77. The number of fused-ring (bicyclic) bond motifs is 1. The summed E-state index contributed by atoms with van der Waals surface area (Å²) in [6, 6.07) is 2.18. The monoisotopic (exact) mass is 304 g/mol. The van der Waals surface area contributed by atoms with Crippen LogP contribution in [0.3, 0.4) is 0 Å². The number of anilines is 1. The average molecular weight is 304 g/mol. The zero-order chi connectivity index (χ0) is 15.7. The van der Waals surface area contributed by atoms with E-state index in [0.29, 0.717) is 42.7 Å². The summed E-state index contributed by atoms with van der Waals surface area (Å²) in [5.74, 6) is 2.70. The van der Waals surface area contributed by atoms with Crippen molar-refractivity contribution in [3.8, 4) is 5.88 Å². The summed E-state index contributed by atoms with van der Waals surface area (Å²) in [4.78, 5) is 24.7. The zero-order valence-corrected chi connectivity index (χ0v) is 13.5. The molecule has 120 valence electrons. The highest BCUT2D eigenvalue weighted by Gasteiger charge is 2.41. The molecule has 0 N–H and O–H groups in total. The molecule has 1 aliphatic heterocycles. The minimum Gasteiger partial charge on any atom is -0.478 e. The summed E-state index contributed by atoms with van der Waals surface area (Å²) in [7, 11) is 3.95. The van der Waals surface area contributed by atoms with Crippen LogP contribution in [-0.4, -0.2) is 54.1 Å². The third kappa shape index (κ3) is 2.87. The number of carbonyl (C=O) groups is 1. The Labute approximate surface area is 131 Å². The van der Waals surface area contributed by atoms with Crippen molar-refractivity contribution in [1.82, 2.24) is 14.9 Å². The highest BCUT2D eigenvalue weighted by Crippen LogP contribution is 2.40. The van der Waals surface area contributed by atoms with Crippen molar-refractivity contribution >= 4 is 11.9 Å². The molecule has 1 aromatic heterocycles. The van der Waals surface area contributed by atoms with Gasteiger partial charge in [-0.2, -0.15) is 4.98 Å². The molecule has 2 fully saturated rings. The Morgan fingerprint density at radius 3 is 2.95 bits per heavy atom. The van der Waals surface area contributed by atoms with Gasteiger partial charge in [-0.05, 0) is 31.6 Å². The fourth-order valence-corrected chi connectivity index (χ4v) is 3.70. The van der Waals surface area contributed by atoms with Crippen LogP contribution in [0.1, 0.15) is 26.2 Å². The molecular weight excluding hydrogens is 280 g/mol. The Bertz CT molecular complexity index is 551. The highest BCUT2D eigenvalue weighted by atomic mass is 16.5. The average Bonchev–Trinajstić information content (AvgIpc) is 2.90.